The lowest BCUT2D eigenvalue weighted by Gasteiger charge is -2.34. The summed E-state index contributed by atoms with van der Waals surface area (Å²) in [6.07, 6.45) is 8.25. The number of ether oxygens (including phenoxy) is 1. The monoisotopic (exact) mass is 387 g/mol. The van der Waals surface area contributed by atoms with E-state index in [1.807, 2.05) is 0 Å². The van der Waals surface area contributed by atoms with Crippen LogP contribution < -0.4 is 5.32 Å². The number of morpholine rings is 1. The standard InChI is InChI=1S/C22H33N3OS/c1-18-8-9-21(16-19(18)2)23-22(27)25(17-20-6-4-3-5-7-20)11-10-24-12-14-26-15-13-24/h3-4,8-9,16,20H,5-7,10-15,17H2,1-2H3,(H,23,27)/t20-/m0/s1. The highest BCUT2D eigenvalue weighted by Gasteiger charge is 2.19. The molecule has 0 unspecified atom stereocenters. The van der Waals surface area contributed by atoms with E-state index in [4.69, 9.17) is 17.0 Å². The van der Waals surface area contributed by atoms with Gasteiger partial charge < -0.3 is 15.0 Å². The van der Waals surface area contributed by atoms with Crippen molar-refractivity contribution in [1.82, 2.24) is 9.80 Å². The molecule has 1 fully saturated rings. The number of hydrogen-bond acceptors (Lipinski definition) is 3. The Morgan fingerprint density at radius 3 is 2.74 bits per heavy atom. The maximum absolute atomic E-state index is 5.82. The lowest BCUT2D eigenvalue weighted by atomic mass is 9.94. The normalized spacial score (nSPS) is 20.4. The van der Waals surface area contributed by atoms with Crippen LogP contribution in [0.4, 0.5) is 5.69 Å². The third-order valence-corrected chi connectivity index (χ3v) is 6.05. The van der Waals surface area contributed by atoms with Crippen LogP contribution >= 0.6 is 12.2 Å². The first kappa shape index (κ1) is 20.3. The van der Waals surface area contributed by atoms with Gasteiger partial charge in [0, 0.05) is 38.4 Å². The summed E-state index contributed by atoms with van der Waals surface area (Å²) in [6.45, 7) is 11.1. The van der Waals surface area contributed by atoms with Gasteiger partial charge in [-0.15, -0.1) is 0 Å². The molecule has 0 aromatic heterocycles. The molecular weight excluding hydrogens is 354 g/mol. The van der Waals surface area contributed by atoms with Gasteiger partial charge in [-0.1, -0.05) is 18.2 Å². The maximum atomic E-state index is 5.82. The molecule has 3 rings (SSSR count). The van der Waals surface area contributed by atoms with Gasteiger partial charge in [-0.25, -0.2) is 0 Å². The van der Waals surface area contributed by atoms with Gasteiger partial charge in [0.1, 0.15) is 0 Å². The number of thiocarbonyl (C=S) groups is 1. The lowest BCUT2D eigenvalue weighted by Crippen LogP contribution is -2.45. The lowest BCUT2D eigenvalue weighted by molar-refractivity contribution is 0.0356. The molecule has 1 saturated heterocycles. The van der Waals surface area contributed by atoms with Gasteiger partial charge in [0.2, 0.25) is 0 Å². The van der Waals surface area contributed by atoms with Crippen molar-refractivity contribution in [2.45, 2.75) is 33.1 Å². The Bertz CT molecular complexity index is 655. The van der Waals surface area contributed by atoms with Crippen LogP contribution in [-0.2, 0) is 4.74 Å². The first-order valence-electron chi connectivity index (χ1n) is 10.2. The highest BCUT2D eigenvalue weighted by Crippen LogP contribution is 2.20. The molecule has 0 bridgehead atoms. The van der Waals surface area contributed by atoms with Crippen molar-refractivity contribution < 1.29 is 4.74 Å². The van der Waals surface area contributed by atoms with Crippen molar-refractivity contribution in [3.8, 4) is 0 Å². The van der Waals surface area contributed by atoms with Crippen molar-refractivity contribution in [2.75, 3.05) is 51.3 Å². The predicted octanol–water partition coefficient (Wildman–Crippen LogP) is 3.99. The van der Waals surface area contributed by atoms with E-state index >= 15 is 0 Å². The minimum atomic E-state index is 0.694. The Balaban J connectivity index is 1.61. The van der Waals surface area contributed by atoms with Gasteiger partial charge in [0.25, 0.3) is 0 Å². The fourth-order valence-corrected chi connectivity index (χ4v) is 4.00. The molecule has 148 valence electrons. The number of anilines is 1. The summed E-state index contributed by atoms with van der Waals surface area (Å²) >= 11 is 5.82. The number of nitrogens with one attached hydrogen (secondary N) is 1. The Hall–Kier alpha value is -1.43. The molecule has 1 N–H and O–H groups in total. The molecule has 4 nitrogen and oxygen atoms in total. The summed E-state index contributed by atoms with van der Waals surface area (Å²) in [5, 5.41) is 4.33. The van der Waals surface area contributed by atoms with Crippen molar-refractivity contribution >= 4 is 23.0 Å². The fourth-order valence-electron chi connectivity index (χ4n) is 3.72. The average molecular weight is 388 g/mol. The molecule has 0 radical (unpaired) electrons. The van der Waals surface area contributed by atoms with Crippen LogP contribution in [0.3, 0.4) is 0 Å². The van der Waals surface area contributed by atoms with E-state index in [2.05, 4.69) is 59.3 Å². The molecule has 1 atom stereocenters. The molecule has 0 spiro atoms. The Morgan fingerprint density at radius 1 is 1.22 bits per heavy atom. The zero-order valence-corrected chi connectivity index (χ0v) is 17.6. The van der Waals surface area contributed by atoms with Crippen LogP contribution in [0.15, 0.2) is 30.4 Å². The Kier molecular flexibility index (Phi) is 7.68. The van der Waals surface area contributed by atoms with E-state index in [1.165, 1.54) is 30.4 Å². The second-order valence-electron chi connectivity index (χ2n) is 7.78. The highest BCUT2D eigenvalue weighted by atomic mass is 32.1. The summed E-state index contributed by atoms with van der Waals surface area (Å²) < 4.78 is 5.47. The number of hydrogen-bond donors (Lipinski definition) is 1. The number of rotatable bonds is 6. The molecule has 2 aliphatic rings. The average Bonchev–Trinajstić information content (AvgIpc) is 2.69. The van der Waals surface area contributed by atoms with E-state index in [0.717, 1.165) is 56.7 Å². The van der Waals surface area contributed by atoms with Gasteiger partial charge in [0.05, 0.1) is 13.2 Å². The van der Waals surface area contributed by atoms with E-state index < -0.39 is 0 Å². The first-order chi connectivity index (χ1) is 13.1. The van der Waals surface area contributed by atoms with Crippen LogP contribution in [0.1, 0.15) is 30.4 Å². The summed E-state index contributed by atoms with van der Waals surface area (Å²) in [7, 11) is 0. The maximum Gasteiger partial charge on any atom is 0.173 e. The van der Waals surface area contributed by atoms with Crippen molar-refractivity contribution in [2.24, 2.45) is 5.92 Å². The van der Waals surface area contributed by atoms with E-state index in [9.17, 15) is 0 Å². The second kappa shape index (κ2) is 10.2. The van der Waals surface area contributed by atoms with Gasteiger partial charge in [-0.05, 0) is 74.5 Å². The molecule has 5 heteroatoms. The number of nitrogens with zero attached hydrogens (tertiary/aromatic N) is 2. The van der Waals surface area contributed by atoms with Crippen LogP contribution in [0.5, 0.6) is 0 Å². The zero-order valence-electron chi connectivity index (χ0n) is 16.7. The molecule has 0 saturated carbocycles. The molecule has 1 aliphatic carbocycles. The summed E-state index contributed by atoms with van der Waals surface area (Å²) in [5.41, 5.74) is 3.69. The fraction of sp³-hybridized carbons (Fsp3) is 0.591. The second-order valence-corrected chi connectivity index (χ2v) is 8.17. The minimum Gasteiger partial charge on any atom is -0.379 e. The third-order valence-electron chi connectivity index (χ3n) is 5.69. The molecule has 27 heavy (non-hydrogen) atoms. The molecule has 0 amide bonds. The predicted molar refractivity (Wildman–Crippen MR) is 117 cm³/mol. The topological polar surface area (TPSA) is 27.7 Å². The van der Waals surface area contributed by atoms with Crippen LogP contribution in [0.2, 0.25) is 0 Å². The highest BCUT2D eigenvalue weighted by molar-refractivity contribution is 7.80. The molecule has 1 aromatic carbocycles. The molecular formula is C22H33N3OS. The van der Waals surface area contributed by atoms with Crippen molar-refractivity contribution in [3.63, 3.8) is 0 Å². The van der Waals surface area contributed by atoms with E-state index in [1.54, 1.807) is 0 Å². The van der Waals surface area contributed by atoms with Crippen molar-refractivity contribution in [1.29, 1.82) is 0 Å². The van der Waals surface area contributed by atoms with Gasteiger partial charge in [-0.2, -0.15) is 0 Å². The summed E-state index contributed by atoms with van der Waals surface area (Å²) in [4.78, 5) is 4.86. The van der Waals surface area contributed by atoms with Crippen LogP contribution in [0.25, 0.3) is 0 Å². The quantitative estimate of drug-likeness (QED) is 0.588. The zero-order chi connectivity index (χ0) is 19.1. The number of benzene rings is 1. The Morgan fingerprint density at radius 2 is 2.04 bits per heavy atom. The van der Waals surface area contributed by atoms with Gasteiger partial charge in [0.15, 0.2) is 5.11 Å². The van der Waals surface area contributed by atoms with Gasteiger partial charge >= 0.3 is 0 Å². The SMILES string of the molecule is Cc1ccc(NC(=S)N(CCN2CCOCC2)C[C@H]2CC=CCC2)cc1C. The Labute approximate surface area is 169 Å². The minimum absolute atomic E-state index is 0.694. The number of aryl methyl sites for hydroxylation is 2. The van der Waals surface area contributed by atoms with Gasteiger partial charge in [-0.3, -0.25) is 4.90 Å². The third kappa shape index (κ3) is 6.30. The van der Waals surface area contributed by atoms with Crippen molar-refractivity contribution in [3.05, 3.63) is 41.5 Å². The molecule has 1 heterocycles. The van der Waals surface area contributed by atoms with Crippen LogP contribution in [0, 0.1) is 19.8 Å². The largest absolute Gasteiger partial charge is 0.379 e. The van der Waals surface area contributed by atoms with E-state index in [-0.39, 0.29) is 0 Å². The van der Waals surface area contributed by atoms with E-state index in [0.29, 0.717) is 5.92 Å². The summed E-state index contributed by atoms with van der Waals surface area (Å²) in [6, 6.07) is 6.47. The number of allylic oxidation sites excluding steroid dienone is 2. The summed E-state index contributed by atoms with van der Waals surface area (Å²) in [5.74, 6) is 0.694. The molecule has 1 aliphatic heterocycles. The molecule has 1 aromatic rings. The first-order valence-corrected chi connectivity index (χ1v) is 10.6. The smallest absolute Gasteiger partial charge is 0.173 e. The van der Waals surface area contributed by atoms with Crippen LogP contribution in [-0.4, -0.2) is 60.8 Å².